The molecule has 0 amide bonds. The van der Waals surface area contributed by atoms with Crippen LogP contribution in [0.5, 0.6) is 0 Å². The van der Waals surface area contributed by atoms with Gasteiger partial charge in [0, 0.05) is 0 Å². The molecule has 4 heteroatoms. The summed E-state index contributed by atoms with van der Waals surface area (Å²) in [5, 5.41) is 0. The van der Waals surface area contributed by atoms with E-state index in [1.807, 2.05) is 0 Å². The molecule has 35 heavy (non-hydrogen) atoms. The number of hydrogen-bond donors (Lipinski definition) is 0. The molecule has 1 saturated carbocycles. The first-order valence-corrected chi connectivity index (χ1v) is 15.5. The Morgan fingerprint density at radius 1 is 0.457 bits per heavy atom. The number of esters is 2. The summed E-state index contributed by atoms with van der Waals surface area (Å²) in [7, 11) is 0. The highest BCUT2D eigenvalue weighted by Crippen LogP contribution is 2.48. The summed E-state index contributed by atoms with van der Waals surface area (Å²) in [5.41, 5.74) is -0.977. The van der Waals surface area contributed by atoms with E-state index < -0.39 is 5.41 Å². The number of ether oxygens (including phenoxy) is 2. The Bertz CT molecular complexity index is 470. The summed E-state index contributed by atoms with van der Waals surface area (Å²) >= 11 is 0. The summed E-state index contributed by atoms with van der Waals surface area (Å²) in [6.07, 6.45) is 29.1. The summed E-state index contributed by atoms with van der Waals surface area (Å²) in [5.74, 6) is -0.706. The highest BCUT2D eigenvalue weighted by molar-refractivity contribution is 6.03. The van der Waals surface area contributed by atoms with E-state index in [2.05, 4.69) is 13.8 Å². The molecule has 0 radical (unpaired) electrons. The molecule has 206 valence electrons. The largest absolute Gasteiger partial charge is 0.465 e. The normalized spacial score (nSPS) is 14.1. The molecule has 0 atom stereocenters. The summed E-state index contributed by atoms with van der Waals surface area (Å²) < 4.78 is 10.9. The molecule has 0 aromatic rings. The molecule has 0 spiro atoms. The Morgan fingerprint density at radius 3 is 0.971 bits per heavy atom. The molecule has 1 aliphatic carbocycles. The first-order valence-electron chi connectivity index (χ1n) is 15.5. The third-order valence-corrected chi connectivity index (χ3v) is 7.49. The van der Waals surface area contributed by atoms with Gasteiger partial charge in [-0.3, -0.25) is 9.59 Å². The second kappa shape index (κ2) is 22.2. The van der Waals surface area contributed by atoms with Gasteiger partial charge in [-0.1, -0.05) is 142 Å². The second-order valence-electron chi connectivity index (χ2n) is 10.9. The maximum atomic E-state index is 12.4. The Balaban J connectivity index is 1.93. The Hall–Kier alpha value is -1.06. The van der Waals surface area contributed by atoms with E-state index in [4.69, 9.17) is 9.47 Å². The van der Waals surface area contributed by atoms with Crippen molar-refractivity contribution in [2.24, 2.45) is 5.41 Å². The van der Waals surface area contributed by atoms with Crippen LogP contribution in [0.15, 0.2) is 0 Å². The van der Waals surface area contributed by atoms with E-state index in [0.717, 1.165) is 25.7 Å². The van der Waals surface area contributed by atoms with Crippen molar-refractivity contribution in [3.8, 4) is 0 Å². The molecule has 0 aromatic heterocycles. The molecule has 1 aliphatic rings. The lowest BCUT2D eigenvalue weighted by atomic mass is 10.1. The van der Waals surface area contributed by atoms with Crippen LogP contribution in [-0.2, 0) is 19.1 Å². The first-order chi connectivity index (χ1) is 17.2. The average molecular weight is 495 g/mol. The number of carbonyl (C=O) groups is 2. The van der Waals surface area contributed by atoms with Gasteiger partial charge < -0.3 is 9.47 Å². The molecule has 1 rings (SSSR count). The Kier molecular flexibility index (Phi) is 20.2. The molecule has 0 unspecified atom stereocenters. The molecule has 0 heterocycles. The lowest BCUT2D eigenvalue weighted by Gasteiger charge is -2.14. The standard InChI is InChI=1S/C31H58O4/c1-3-5-7-9-11-13-15-17-19-21-23-27-34-29(32)31(25-26-31)30(33)35-28-24-22-20-18-16-14-12-10-8-6-4-2/h3-28H2,1-2H3. The average Bonchev–Trinajstić information content (AvgIpc) is 3.67. The molecule has 0 aromatic carbocycles. The minimum atomic E-state index is -0.977. The molecule has 4 nitrogen and oxygen atoms in total. The van der Waals surface area contributed by atoms with Gasteiger partial charge in [-0.2, -0.15) is 0 Å². The molecule has 0 aliphatic heterocycles. The van der Waals surface area contributed by atoms with E-state index >= 15 is 0 Å². The third kappa shape index (κ3) is 16.3. The highest BCUT2D eigenvalue weighted by atomic mass is 16.6. The maximum Gasteiger partial charge on any atom is 0.323 e. The number of carbonyl (C=O) groups excluding carboxylic acids is 2. The van der Waals surface area contributed by atoms with Crippen LogP contribution in [0.1, 0.15) is 168 Å². The predicted octanol–water partition coefficient (Wildman–Crippen LogP) is 9.48. The molecule has 1 fully saturated rings. The molecule has 0 bridgehead atoms. The van der Waals surface area contributed by atoms with Gasteiger partial charge in [0.15, 0.2) is 5.41 Å². The van der Waals surface area contributed by atoms with Gasteiger partial charge in [-0.15, -0.1) is 0 Å². The maximum absolute atomic E-state index is 12.4. The van der Waals surface area contributed by atoms with Gasteiger partial charge in [-0.05, 0) is 25.7 Å². The zero-order chi connectivity index (χ0) is 25.5. The van der Waals surface area contributed by atoms with E-state index in [-0.39, 0.29) is 11.9 Å². The van der Waals surface area contributed by atoms with E-state index in [1.165, 1.54) is 116 Å². The van der Waals surface area contributed by atoms with Gasteiger partial charge >= 0.3 is 11.9 Å². The van der Waals surface area contributed by atoms with Crippen LogP contribution in [0.4, 0.5) is 0 Å². The van der Waals surface area contributed by atoms with Crippen LogP contribution in [0.3, 0.4) is 0 Å². The van der Waals surface area contributed by atoms with Crippen LogP contribution in [0, 0.1) is 5.41 Å². The SMILES string of the molecule is CCCCCCCCCCCCCOC(=O)C1(C(=O)OCCCCCCCCCCCCC)CC1. The lowest BCUT2D eigenvalue weighted by Crippen LogP contribution is -2.30. The number of unbranched alkanes of at least 4 members (excludes halogenated alkanes) is 20. The quantitative estimate of drug-likeness (QED) is 0.0682. The van der Waals surface area contributed by atoms with Crippen LogP contribution in [0.2, 0.25) is 0 Å². The van der Waals surface area contributed by atoms with Crippen LogP contribution in [0.25, 0.3) is 0 Å². The Labute approximate surface area is 217 Å². The molecular formula is C31H58O4. The van der Waals surface area contributed by atoms with Crippen molar-refractivity contribution in [3.63, 3.8) is 0 Å². The number of rotatable bonds is 26. The highest BCUT2D eigenvalue weighted by Gasteiger charge is 2.59. The van der Waals surface area contributed by atoms with E-state index in [0.29, 0.717) is 26.1 Å². The van der Waals surface area contributed by atoms with Crippen LogP contribution in [-0.4, -0.2) is 25.2 Å². The molecule has 0 saturated heterocycles. The fourth-order valence-electron chi connectivity index (χ4n) is 4.76. The van der Waals surface area contributed by atoms with Crippen molar-refractivity contribution in [2.75, 3.05) is 13.2 Å². The first kappa shape index (κ1) is 32.0. The fourth-order valence-corrected chi connectivity index (χ4v) is 4.76. The lowest BCUT2D eigenvalue weighted by molar-refractivity contribution is -0.164. The smallest absolute Gasteiger partial charge is 0.323 e. The van der Waals surface area contributed by atoms with Crippen molar-refractivity contribution in [3.05, 3.63) is 0 Å². The summed E-state index contributed by atoms with van der Waals surface area (Å²) in [6.45, 7) is 5.38. The van der Waals surface area contributed by atoms with Crippen molar-refractivity contribution in [1.29, 1.82) is 0 Å². The van der Waals surface area contributed by atoms with Crippen LogP contribution < -0.4 is 0 Å². The van der Waals surface area contributed by atoms with E-state index in [9.17, 15) is 9.59 Å². The minimum absolute atomic E-state index is 0.353. The molecule has 0 N–H and O–H groups in total. The summed E-state index contributed by atoms with van der Waals surface area (Å²) in [6, 6.07) is 0. The van der Waals surface area contributed by atoms with Crippen molar-refractivity contribution in [1.82, 2.24) is 0 Å². The van der Waals surface area contributed by atoms with Gasteiger partial charge in [0.25, 0.3) is 0 Å². The zero-order valence-electron chi connectivity index (χ0n) is 23.5. The van der Waals surface area contributed by atoms with Gasteiger partial charge in [0.2, 0.25) is 0 Å². The third-order valence-electron chi connectivity index (χ3n) is 7.49. The monoisotopic (exact) mass is 494 g/mol. The molecular weight excluding hydrogens is 436 g/mol. The fraction of sp³-hybridized carbons (Fsp3) is 0.935. The van der Waals surface area contributed by atoms with E-state index in [1.54, 1.807) is 0 Å². The Morgan fingerprint density at radius 2 is 0.714 bits per heavy atom. The van der Waals surface area contributed by atoms with Gasteiger partial charge in [-0.25, -0.2) is 0 Å². The van der Waals surface area contributed by atoms with Gasteiger partial charge in [0.05, 0.1) is 13.2 Å². The minimum Gasteiger partial charge on any atom is -0.465 e. The van der Waals surface area contributed by atoms with Crippen molar-refractivity contribution in [2.45, 2.75) is 168 Å². The number of hydrogen-bond acceptors (Lipinski definition) is 4. The summed E-state index contributed by atoms with van der Waals surface area (Å²) in [4.78, 5) is 24.9. The van der Waals surface area contributed by atoms with Crippen LogP contribution >= 0.6 is 0 Å². The zero-order valence-corrected chi connectivity index (χ0v) is 23.5. The van der Waals surface area contributed by atoms with Gasteiger partial charge in [0.1, 0.15) is 0 Å². The predicted molar refractivity (Wildman–Crippen MR) is 147 cm³/mol. The van der Waals surface area contributed by atoms with Crippen molar-refractivity contribution < 1.29 is 19.1 Å². The van der Waals surface area contributed by atoms with Crippen molar-refractivity contribution >= 4 is 11.9 Å². The topological polar surface area (TPSA) is 52.6 Å². The second-order valence-corrected chi connectivity index (χ2v) is 10.9.